The molecule has 0 aromatic carbocycles. The minimum absolute atomic E-state index is 0.000729. The Hall–Kier alpha value is -3.07. The van der Waals surface area contributed by atoms with E-state index in [1.165, 1.54) is 6.07 Å². The number of nitrogens with zero attached hydrogens (tertiary/aromatic N) is 6. The molecule has 9 heteroatoms. The average Bonchev–Trinajstić information content (AvgIpc) is 3.45. The predicted molar refractivity (Wildman–Crippen MR) is 124 cm³/mol. The lowest BCUT2D eigenvalue weighted by molar-refractivity contribution is -0.0437. The molecule has 1 saturated carbocycles. The number of hydrogen-bond acceptors (Lipinski definition) is 7. The summed E-state index contributed by atoms with van der Waals surface area (Å²) in [5.41, 5.74) is 5.11. The van der Waals surface area contributed by atoms with Crippen LogP contribution in [0.2, 0.25) is 0 Å². The van der Waals surface area contributed by atoms with Crippen LogP contribution in [0.4, 0.5) is 10.2 Å². The van der Waals surface area contributed by atoms with Crippen LogP contribution in [0.3, 0.4) is 0 Å². The fourth-order valence-corrected chi connectivity index (χ4v) is 5.00. The van der Waals surface area contributed by atoms with Crippen molar-refractivity contribution in [1.29, 1.82) is 0 Å². The number of ether oxygens (including phenoxy) is 1. The number of imidazole rings is 1. The molecule has 5 heterocycles. The maximum atomic E-state index is 14.5. The van der Waals surface area contributed by atoms with Crippen LogP contribution in [0.15, 0.2) is 35.8 Å². The highest BCUT2D eigenvalue weighted by atomic mass is 19.1. The van der Waals surface area contributed by atoms with Gasteiger partial charge < -0.3 is 15.1 Å². The predicted octanol–water partition coefficient (Wildman–Crippen LogP) is 3.39. The number of fused-ring (bicyclic) bond motifs is 1. The highest BCUT2D eigenvalue weighted by Gasteiger charge is 2.42. The van der Waals surface area contributed by atoms with Crippen molar-refractivity contribution in [3.05, 3.63) is 42.1 Å². The molecule has 0 bridgehead atoms. The van der Waals surface area contributed by atoms with Gasteiger partial charge in [0.15, 0.2) is 5.82 Å². The topological polar surface area (TPSA) is 79.9 Å². The molecule has 1 saturated heterocycles. The van der Waals surface area contributed by atoms with Gasteiger partial charge in [-0.15, -0.1) is 0 Å². The van der Waals surface area contributed by atoms with E-state index in [0.29, 0.717) is 23.9 Å². The Balaban J connectivity index is 1.32. The third-order valence-corrected chi connectivity index (χ3v) is 6.94. The molecule has 3 aromatic rings. The van der Waals surface area contributed by atoms with E-state index < -0.39 is 0 Å². The molecule has 2 aliphatic heterocycles. The van der Waals surface area contributed by atoms with E-state index >= 15 is 0 Å². The number of rotatable bonds is 4. The number of hydrazone groups is 1. The third-order valence-electron chi connectivity index (χ3n) is 6.94. The molecule has 8 nitrogen and oxygen atoms in total. The van der Waals surface area contributed by atoms with E-state index in [4.69, 9.17) is 9.72 Å². The van der Waals surface area contributed by atoms with Crippen molar-refractivity contribution in [1.82, 2.24) is 24.8 Å². The quantitative estimate of drug-likeness (QED) is 0.658. The first kappa shape index (κ1) is 20.5. The first-order valence-corrected chi connectivity index (χ1v) is 11.6. The molecular formula is C24H28FN7O. The molecule has 0 amide bonds. The fourth-order valence-electron chi connectivity index (χ4n) is 5.00. The summed E-state index contributed by atoms with van der Waals surface area (Å²) in [5.74, 6) is 1.71. The first-order chi connectivity index (χ1) is 15.9. The zero-order valence-corrected chi connectivity index (χ0v) is 19.1. The molecule has 6 rings (SSSR count). The number of morpholine rings is 1. The molecule has 3 atom stereocenters. The zero-order chi connectivity index (χ0) is 22.7. The molecular weight excluding hydrogens is 421 g/mol. The maximum absolute atomic E-state index is 14.5. The summed E-state index contributed by atoms with van der Waals surface area (Å²) in [7, 11) is 0. The summed E-state index contributed by atoms with van der Waals surface area (Å²) in [4.78, 5) is 16.1. The van der Waals surface area contributed by atoms with E-state index in [1.807, 2.05) is 22.9 Å². The Kier molecular flexibility index (Phi) is 4.65. The second-order valence-corrected chi connectivity index (χ2v) is 9.99. The Morgan fingerprint density at radius 1 is 1.21 bits per heavy atom. The van der Waals surface area contributed by atoms with Crippen LogP contribution in [-0.2, 0) is 4.74 Å². The van der Waals surface area contributed by atoms with Gasteiger partial charge in [-0.05, 0) is 45.6 Å². The summed E-state index contributed by atoms with van der Waals surface area (Å²) in [6.45, 7) is 7.83. The van der Waals surface area contributed by atoms with Crippen LogP contribution in [0.25, 0.3) is 17.2 Å². The number of nitrogens with one attached hydrogen (secondary N) is 1. The van der Waals surface area contributed by atoms with Crippen molar-refractivity contribution in [3.8, 4) is 11.5 Å². The highest BCUT2D eigenvalue weighted by Crippen LogP contribution is 2.41. The van der Waals surface area contributed by atoms with E-state index in [2.05, 4.69) is 46.2 Å². The van der Waals surface area contributed by atoms with Crippen LogP contribution in [0.1, 0.15) is 45.1 Å². The van der Waals surface area contributed by atoms with Gasteiger partial charge in [-0.2, -0.15) is 5.10 Å². The number of pyridine rings is 1. The van der Waals surface area contributed by atoms with E-state index in [9.17, 15) is 4.39 Å². The summed E-state index contributed by atoms with van der Waals surface area (Å²) >= 11 is 0. The summed E-state index contributed by atoms with van der Waals surface area (Å²) in [6.07, 6.45) is 9.45. The van der Waals surface area contributed by atoms with Gasteiger partial charge in [-0.25, -0.2) is 19.3 Å². The molecule has 0 spiro atoms. The first-order valence-electron chi connectivity index (χ1n) is 11.6. The number of aromatic nitrogens is 4. The van der Waals surface area contributed by atoms with Gasteiger partial charge in [0, 0.05) is 49.2 Å². The Labute approximate surface area is 191 Å². The second kappa shape index (κ2) is 7.48. The summed E-state index contributed by atoms with van der Waals surface area (Å²) < 4.78 is 22.7. The van der Waals surface area contributed by atoms with Gasteiger partial charge in [0.25, 0.3) is 0 Å². The lowest BCUT2D eigenvalue weighted by Crippen LogP contribution is -2.55. The van der Waals surface area contributed by atoms with E-state index in [-0.39, 0.29) is 29.5 Å². The number of anilines is 1. The highest BCUT2D eigenvalue weighted by molar-refractivity contribution is 5.66. The monoisotopic (exact) mass is 449 g/mol. The number of hydrogen-bond donors (Lipinski definition) is 1. The lowest BCUT2D eigenvalue weighted by Gasteiger charge is -2.42. The van der Waals surface area contributed by atoms with Crippen molar-refractivity contribution in [2.75, 3.05) is 18.0 Å². The number of halogens is 1. The molecule has 0 radical (unpaired) electrons. The van der Waals surface area contributed by atoms with Gasteiger partial charge in [0.2, 0.25) is 0 Å². The molecule has 1 N–H and O–H groups in total. The molecule has 33 heavy (non-hydrogen) atoms. The smallest absolute Gasteiger partial charge is 0.180 e. The van der Waals surface area contributed by atoms with Crippen molar-refractivity contribution in [3.63, 3.8) is 0 Å². The third kappa shape index (κ3) is 3.64. The van der Waals surface area contributed by atoms with Crippen molar-refractivity contribution in [2.24, 2.45) is 11.0 Å². The van der Waals surface area contributed by atoms with Gasteiger partial charge in [0.1, 0.15) is 23.0 Å². The minimum atomic E-state index is -0.182. The van der Waals surface area contributed by atoms with Crippen molar-refractivity contribution in [2.45, 2.75) is 57.3 Å². The SMILES string of the molecule is C[C@H]1CN(c2ccnc(-c3cnc4cc(F)c(C5CC5)cn34)n2)C[C@@H](C2C=NNC2(C)C)O1. The van der Waals surface area contributed by atoms with Gasteiger partial charge in [-0.3, -0.25) is 4.40 Å². The normalized spacial score (nSPS) is 26.7. The fraction of sp³-hybridized carbons (Fsp3) is 0.500. The molecule has 172 valence electrons. The Bertz CT molecular complexity index is 1230. The van der Waals surface area contributed by atoms with Crippen LogP contribution in [0, 0.1) is 11.7 Å². The molecule has 2 fully saturated rings. The lowest BCUT2D eigenvalue weighted by atomic mass is 9.84. The molecule has 1 aliphatic carbocycles. The zero-order valence-electron chi connectivity index (χ0n) is 19.1. The van der Waals surface area contributed by atoms with Crippen LogP contribution < -0.4 is 10.3 Å². The van der Waals surface area contributed by atoms with Gasteiger partial charge in [0.05, 0.1) is 23.9 Å². The Morgan fingerprint density at radius 3 is 2.82 bits per heavy atom. The largest absolute Gasteiger partial charge is 0.371 e. The Morgan fingerprint density at radius 2 is 2.06 bits per heavy atom. The van der Waals surface area contributed by atoms with Crippen molar-refractivity contribution >= 4 is 17.7 Å². The average molecular weight is 450 g/mol. The van der Waals surface area contributed by atoms with E-state index in [1.54, 1.807) is 12.4 Å². The molecule has 3 aliphatic rings. The van der Waals surface area contributed by atoms with Crippen molar-refractivity contribution < 1.29 is 9.13 Å². The van der Waals surface area contributed by atoms with E-state index in [0.717, 1.165) is 36.5 Å². The van der Waals surface area contributed by atoms with Crippen LogP contribution >= 0.6 is 0 Å². The maximum Gasteiger partial charge on any atom is 0.180 e. The van der Waals surface area contributed by atoms with Crippen LogP contribution in [-0.4, -0.2) is 56.4 Å². The second-order valence-electron chi connectivity index (χ2n) is 9.99. The van der Waals surface area contributed by atoms with Crippen LogP contribution in [0.5, 0.6) is 0 Å². The molecule has 3 aromatic heterocycles. The van der Waals surface area contributed by atoms with Gasteiger partial charge in [-0.1, -0.05) is 0 Å². The van der Waals surface area contributed by atoms with Gasteiger partial charge >= 0.3 is 0 Å². The standard InChI is InChI=1S/C24H28FN7O/c1-14-11-31(13-20(33-14)17-9-28-30-24(17,2)3)21-6-7-26-23(29-21)19-10-27-22-8-18(25)16(12-32(19)22)15-4-5-15/h6-10,12,14-15,17,20,30H,4-5,11,13H2,1-3H3/t14-,17?,20-/m0/s1. The summed E-state index contributed by atoms with van der Waals surface area (Å²) in [5, 5.41) is 4.29. The summed E-state index contributed by atoms with van der Waals surface area (Å²) in [6, 6.07) is 3.44. The minimum Gasteiger partial charge on any atom is -0.371 e. The molecule has 1 unspecified atom stereocenters.